The molecule has 3 N–H and O–H groups in total. The number of benzene rings is 1. The molecular weight excluding hydrogens is 85.1 g/mol. The summed E-state index contributed by atoms with van der Waals surface area (Å²) in [4.78, 5) is 0. The highest BCUT2D eigenvalue weighted by molar-refractivity contribution is 5.11. The van der Waals surface area contributed by atoms with Gasteiger partial charge in [0.25, 0.3) is 0 Å². The largest absolute Gasteiger partial charge is 0.344 e. The van der Waals surface area contributed by atoms with Crippen LogP contribution in [-0.4, -0.2) is 0 Å². The number of aryl methyl sites for hydroxylation is 1. The Balaban J connectivity index is 0.000000490. The number of hydrogen-bond donors (Lipinski definition) is 1. The molecule has 1 nitrogen and oxygen atoms in total. The lowest BCUT2D eigenvalue weighted by Crippen LogP contribution is -1.62. The fourth-order valence-electron chi connectivity index (χ4n) is 0.534. The maximum Gasteiger partial charge on any atom is -0.0398 e. The van der Waals surface area contributed by atoms with Gasteiger partial charge in [-0.3, -0.25) is 0 Å². The monoisotopic (exact) mass is 96.1 g/mol. The van der Waals surface area contributed by atoms with Crippen LogP contribution in [0.5, 0.6) is 0 Å². The molecule has 0 aromatic heterocycles. The normalized spacial score (nSPS) is 7.62. The van der Waals surface area contributed by atoms with Gasteiger partial charge in [0.2, 0.25) is 0 Å². The summed E-state index contributed by atoms with van der Waals surface area (Å²) >= 11 is 0. The standard InChI is InChI=1S/C7H8.H3N/c1-7-5-3-2-4-6-7;/h2-6H,1H3;1H3/i;1-13. The fraction of sp³-hybridized carbons (Fsp3) is 0.143. The molecule has 0 bridgehead atoms. The zero-order chi connectivity index (χ0) is 5.11. The summed E-state index contributed by atoms with van der Waals surface area (Å²) in [7, 11) is 0. The molecule has 0 aliphatic rings. The molecule has 0 saturated carbocycles. The second-order valence-electron chi connectivity index (χ2n) is 1.65. The van der Waals surface area contributed by atoms with Gasteiger partial charge in [-0.15, -0.1) is 0 Å². The first-order valence-electron chi connectivity index (χ1n) is 2.41. The molecule has 8 heavy (non-hydrogen) atoms. The maximum absolute atomic E-state index is 2.08. The van der Waals surface area contributed by atoms with Gasteiger partial charge < -0.3 is 6.15 Å². The Kier molecular flexibility index (Phi) is 2.89. The Bertz CT molecular complexity index is 134. The second kappa shape index (κ2) is 3.22. The van der Waals surface area contributed by atoms with Crippen LogP contribution in [0.1, 0.15) is 5.56 Å². The molecule has 0 unspecified atom stereocenters. The minimum Gasteiger partial charge on any atom is -0.344 e. The third-order valence-electron chi connectivity index (χ3n) is 0.940. The van der Waals surface area contributed by atoms with E-state index in [0.717, 1.165) is 0 Å². The summed E-state index contributed by atoms with van der Waals surface area (Å²) in [5, 5.41) is 0. The summed E-state index contributed by atoms with van der Waals surface area (Å²) in [6, 6.07) is 10.3. The van der Waals surface area contributed by atoms with Crippen molar-refractivity contribution in [2.24, 2.45) is 0 Å². The van der Waals surface area contributed by atoms with Crippen molar-refractivity contribution >= 4 is 0 Å². The zero-order valence-corrected chi connectivity index (χ0v) is 5.09. The van der Waals surface area contributed by atoms with Gasteiger partial charge in [-0.2, -0.15) is 0 Å². The quantitative estimate of drug-likeness (QED) is 0.527. The molecule has 0 aliphatic heterocycles. The van der Waals surface area contributed by atoms with Crippen molar-refractivity contribution in [2.75, 3.05) is 0 Å². The third-order valence-corrected chi connectivity index (χ3v) is 0.940. The van der Waals surface area contributed by atoms with Crippen LogP contribution in [0.25, 0.3) is 0 Å². The van der Waals surface area contributed by atoms with Crippen molar-refractivity contribution in [1.29, 1.82) is 0 Å². The molecule has 0 radical (unpaired) electrons. The summed E-state index contributed by atoms with van der Waals surface area (Å²) in [5.41, 5.74) is 1.32. The third kappa shape index (κ3) is 1.76. The van der Waals surface area contributed by atoms with Gasteiger partial charge in [-0.1, -0.05) is 35.9 Å². The fourth-order valence-corrected chi connectivity index (χ4v) is 0.534. The van der Waals surface area contributed by atoms with E-state index in [1.54, 1.807) is 0 Å². The topological polar surface area (TPSA) is 35.0 Å². The molecule has 1 aromatic carbocycles. The molecule has 1 rings (SSSR count). The van der Waals surface area contributed by atoms with E-state index < -0.39 is 0 Å². The highest BCUT2D eigenvalue weighted by Gasteiger charge is 1.72. The molecule has 0 aliphatic carbocycles. The Morgan fingerprint density at radius 1 is 1.00 bits per heavy atom. The average Bonchev–Trinajstić information content (AvgIpc) is 1.69. The van der Waals surface area contributed by atoms with Crippen LogP contribution in [0.4, 0.5) is 0 Å². The van der Waals surface area contributed by atoms with Crippen molar-refractivity contribution in [2.45, 2.75) is 6.92 Å². The lowest BCUT2D eigenvalue weighted by atomic mass is 1.000. The second-order valence-corrected chi connectivity index (χ2v) is 1.65. The van der Waals surface area contributed by atoms with E-state index in [1.807, 2.05) is 18.2 Å². The first-order chi connectivity index (χ1) is 3.39. The molecule has 0 heterocycles. The Hall–Kier alpha value is -0.820. The van der Waals surface area contributed by atoms with Gasteiger partial charge in [0.1, 0.15) is 0 Å². The SMILES string of the molecule is Cc1ccccc1.[1NH3]. The first-order valence-corrected chi connectivity index (χ1v) is 2.41. The summed E-state index contributed by atoms with van der Waals surface area (Å²) < 4.78 is 0. The Morgan fingerprint density at radius 3 is 1.75 bits per heavy atom. The Morgan fingerprint density at radius 2 is 1.50 bits per heavy atom. The molecular formula is C7H11N. The number of rotatable bonds is 0. The van der Waals surface area contributed by atoms with Crippen LogP contribution in [0.3, 0.4) is 0 Å². The van der Waals surface area contributed by atoms with Crippen molar-refractivity contribution < 1.29 is 0 Å². The van der Waals surface area contributed by atoms with E-state index in [0.29, 0.717) is 0 Å². The summed E-state index contributed by atoms with van der Waals surface area (Å²) in [5.74, 6) is 0. The van der Waals surface area contributed by atoms with Gasteiger partial charge in [0, 0.05) is 0 Å². The van der Waals surface area contributed by atoms with Crippen LogP contribution in [-0.2, 0) is 0 Å². The van der Waals surface area contributed by atoms with E-state index in [9.17, 15) is 0 Å². The van der Waals surface area contributed by atoms with Crippen molar-refractivity contribution in [1.82, 2.24) is 6.15 Å². The smallest absolute Gasteiger partial charge is 0.0398 e. The van der Waals surface area contributed by atoms with Crippen molar-refractivity contribution in [3.8, 4) is 0 Å². The lowest BCUT2D eigenvalue weighted by Gasteiger charge is -1.82. The molecule has 0 saturated heterocycles. The van der Waals surface area contributed by atoms with Crippen LogP contribution in [0, 0.1) is 6.92 Å². The first kappa shape index (κ1) is 7.18. The van der Waals surface area contributed by atoms with E-state index >= 15 is 0 Å². The predicted octanol–water partition coefficient (Wildman–Crippen LogP) is 2.16. The van der Waals surface area contributed by atoms with E-state index in [4.69, 9.17) is 0 Å². The molecule has 0 spiro atoms. The van der Waals surface area contributed by atoms with Crippen LogP contribution in [0.15, 0.2) is 30.3 Å². The summed E-state index contributed by atoms with van der Waals surface area (Å²) in [6.07, 6.45) is 0. The molecule has 1 aromatic rings. The molecule has 1 heteroatoms. The van der Waals surface area contributed by atoms with Gasteiger partial charge in [0.05, 0.1) is 0 Å². The van der Waals surface area contributed by atoms with Gasteiger partial charge >= 0.3 is 0 Å². The van der Waals surface area contributed by atoms with E-state index in [2.05, 4.69) is 19.1 Å². The maximum atomic E-state index is 2.08. The predicted molar refractivity (Wildman–Crippen MR) is 36.2 cm³/mol. The van der Waals surface area contributed by atoms with Gasteiger partial charge in [-0.25, -0.2) is 0 Å². The van der Waals surface area contributed by atoms with Crippen molar-refractivity contribution in [3.05, 3.63) is 35.9 Å². The van der Waals surface area contributed by atoms with Crippen LogP contribution in [0.2, 0.25) is 0 Å². The molecule has 0 fully saturated rings. The molecule has 0 amide bonds. The van der Waals surface area contributed by atoms with E-state index in [-0.39, 0.29) is 6.15 Å². The van der Waals surface area contributed by atoms with Gasteiger partial charge in [0.15, 0.2) is 0 Å². The average molecular weight is 96.2 g/mol. The number of hydrogen-bond acceptors (Lipinski definition) is 1. The van der Waals surface area contributed by atoms with Gasteiger partial charge in [-0.05, 0) is 6.92 Å². The zero-order valence-electron chi connectivity index (χ0n) is 5.09. The summed E-state index contributed by atoms with van der Waals surface area (Å²) in [6.45, 7) is 2.08. The molecule has 44 valence electrons. The lowest BCUT2D eigenvalue weighted by molar-refractivity contribution is 1.48. The Labute approximate surface area is 49.9 Å². The van der Waals surface area contributed by atoms with Crippen LogP contribution < -0.4 is 6.15 Å². The molecule has 0 atom stereocenters. The highest BCUT2D eigenvalue weighted by Crippen LogP contribution is 1.92. The minimum atomic E-state index is 0. The van der Waals surface area contributed by atoms with E-state index in [1.165, 1.54) is 5.56 Å². The minimum absolute atomic E-state index is 0. The van der Waals surface area contributed by atoms with Crippen molar-refractivity contribution in [3.63, 3.8) is 0 Å². The van der Waals surface area contributed by atoms with Crippen LogP contribution >= 0.6 is 0 Å². The highest BCUT2D eigenvalue weighted by atomic mass is 13.8.